The molecule has 0 aliphatic heterocycles. The van der Waals surface area contributed by atoms with Crippen molar-refractivity contribution in [3.63, 3.8) is 0 Å². The lowest BCUT2D eigenvalue weighted by Gasteiger charge is -2.10. The van der Waals surface area contributed by atoms with Gasteiger partial charge in [-0.25, -0.2) is 4.39 Å². The Bertz CT molecular complexity index is 760. The van der Waals surface area contributed by atoms with Crippen LogP contribution >= 0.6 is 15.9 Å². The Morgan fingerprint density at radius 1 is 1.10 bits per heavy atom. The van der Waals surface area contributed by atoms with Crippen molar-refractivity contribution in [3.05, 3.63) is 66.1 Å². The zero-order chi connectivity index (χ0) is 13.9. The van der Waals surface area contributed by atoms with Crippen molar-refractivity contribution >= 4 is 26.8 Å². The van der Waals surface area contributed by atoms with E-state index in [1.165, 1.54) is 12.1 Å². The van der Waals surface area contributed by atoms with Crippen LogP contribution in [0.4, 0.5) is 4.39 Å². The Hall–Kier alpha value is -1.94. The van der Waals surface area contributed by atoms with Crippen molar-refractivity contribution < 1.29 is 9.13 Å². The molecule has 4 heteroatoms. The average Bonchev–Trinajstić information content (AvgIpc) is 2.49. The summed E-state index contributed by atoms with van der Waals surface area (Å²) in [5, 5.41) is 1.59. The number of rotatable bonds is 3. The van der Waals surface area contributed by atoms with Crippen molar-refractivity contribution in [3.8, 4) is 11.5 Å². The van der Waals surface area contributed by atoms with Crippen molar-refractivity contribution in [2.24, 2.45) is 0 Å². The van der Waals surface area contributed by atoms with Gasteiger partial charge < -0.3 is 4.74 Å². The third-order valence-electron chi connectivity index (χ3n) is 2.97. The van der Waals surface area contributed by atoms with Gasteiger partial charge in [0.15, 0.2) is 0 Å². The molecule has 3 aromatic rings. The van der Waals surface area contributed by atoms with Gasteiger partial charge in [-0.2, -0.15) is 0 Å². The summed E-state index contributed by atoms with van der Waals surface area (Å²) in [4.78, 5) is 4.29. The van der Waals surface area contributed by atoms with Gasteiger partial charge >= 0.3 is 0 Å². The number of hydrogen-bond acceptors (Lipinski definition) is 2. The fourth-order valence-corrected chi connectivity index (χ4v) is 2.43. The fourth-order valence-electron chi connectivity index (χ4n) is 1.99. The first-order valence-electron chi connectivity index (χ1n) is 6.13. The molecule has 100 valence electrons. The molecule has 0 fully saturated rings. The van der Waals surface area contributed by atoms with Crippen LogP contribution in [0.2, 0.25) is 0 Å². The van der Waals surface area contributed by atoms with Gasteiger partial charge in [0, 0.05) is 28.5 Å². The second-order valence-corrected chi connectivity index (χ2v) is 4.91. The molecular weight excluding hydrogens is 321 g/mol. The maximum atomic E-state index is 13.2. The van der Waals surface area contributed by atoms with Gasteiger partial charge in [-0.15, -0.1) is 0 Å². The van der Waals surface area contributed by atoms with Gasteiger partial charge in [0.05, 0.1) is 5.52 Å². The second kappa shape index (κ2) is 5.59. The monoisotopic (exact) mass is 331 g/mol. The van der Waals surface area contributed by atoms with Gasteiger partial charge in [-0.3, -0.25) is 4.98 Å². The van der Waals surface area contributed by atoms with E-state index in [0.29, 0.717) is 16.8 Å². The van der Waals surface area contributed by atoms with E-state index in [9.17, 15) is 4.39 Å². The normalized spacial score (nSPS) is 10.7. The number of fused-ring (bicyclic) bond motifs is 1. The highest BCUT2D eigenvalue weighted by atomic mass is 79.9. The zero-order valence-corrected chi connectivity index (χ0v) is 12.1. The lowest BCUT2D eigenvalue weighted by Crippen LogP contribution is -1.91. The summed E-state index contributed by atoms with van der Waals surface area (Å²) in [6, 6.07) is 14.1. The van der Waals surface area contributed by atoms with Crippen molar-refractivity contribution in [1.82, 2.24) is 4.98 Å². The lowest BCUT2D eigenvalue weighted by atomic mass is 10.2. The minimum atomic E-state index is -0.271. The van der Waals surface area contributed by atoms with Gasteiger partial charge in [0.2, 0.25) is 0 Å². The molecular formula is C16H11BrFNO. The predicted octanol–water partition coefficient (Wildman–Crippen LogP) is 5.06. The molecule has 0 aliphatic rings. The highest BCUT2D eigenvalue weighted by Gasteiger charge is 2.06. The number of benzene rings is 2. The quantitative estimate of drug-likeness (QED) is 0.626. The molecule has 0 N–H and O–H groups in total. The van der Waals surface area contributed by atoms with Gasteiger partial charge in [0.1, 0.15) is 17.3 Å². The van der Waals surface area contributed by atoms with Crippen LogP contribution < -0.4 is 4.74 Å². The largest absolute Gasteiger partial charge is 0.457 e. The highest BCUT2D eigenvalue weighted by molar-refractivity contribution is 9.08. The third-order valence-corrected chi connectivity index (χ3v) is 3.58. The second-order valence-electron chi connectivity index (χ2n) is 4.35. The number of alkyl halides is 1. The summed E-state index contributed by atoms with van der Waals surface area (Å²) >= 11 is 3.34. The summed E-state index contributed by atoms with van der Waals surface area (Å²) in [5.74, 6) is 1.05. The van der Waals surface area contributed by atoms with Crippen molar-refractivity contribution in [2.45, 2.75) is 5.33 Å². The maximum Gasteiger partial charge on any atom is 0.131 e. The van der Waals surface area contributed by atoms with Crippen LogP contribution in [0.15, 0.2) is 54.7 Å². The molecule has 3 rings (SSSR count). The SMILES string of the molecule is Fc1ccc(Oc2ccc3cccnc3c2)c(CBr)c1. The van der Waals surface area contributed by atoms with Gasteiger partial charge in [-0.05, 0) is 36.4 Å². The molecule has 2 aromatic carbocycles. The van der Waals surface area contributed by atoms with Crippen molar-refractivity contribution in [2.75, 3.05) is 0 Å². The van der Waals surface area contributed by atoms with Gasteiger partial charge in [0.25, 0.3) is 0 Å². The molecule has 0 radical (unpaired) electrons. The molecule has 20 heavy (non-hydrogen) atoms. The summed E-state index contributed by atoms with van der Waals surface area (Å²) in [5.41, 5.74) is 1.64. The van der Waals surface area contributed by atoms with Crippen LogP contribution in [-0.2, 0) is 5.33 Å². The van der Waals surface area contributed by atoms with E-state index in [1.54, 1.807) is 12.3 Å². The Morgan fingerprint density at radius 3 is 2.85 bits per heavy atom. The van der Waals surface area contributed by atoms with Crippen LogP contribution in [0.25, 0.3) is 10.9 Å². The van der Waals surface area contributed by atoms with E-state index in [-0.39, 0.29) is 5.82 Å². The number of nitrogens with zero attached hydrogens (tertiary/aromatic N) is 1. The molecule has 0 aliphatic carbocycles. The molecule has 0 atom stereocenters. The van der Waals surface area contributed by atoms with Gasteiger partial charge in [-0.1, -0.05) is 22.0 Å². The van der Waals surface area contributed by atoms with E-state index in [2.05, 4.69) is 20.9 Å². The Labute approximate surface area is 124 Å². The van der Waals surface area contributed by atoms with E-state index >= 15 is 0 Å². The summed E-state index contributed by atoms with van der Waals surface area (Å²) < 4.78 is 19.0. The fraction of sp³-hybridized carbons (Fsp3) is 0.0625. The summed E-state index contributed by atoms with van der Waals surface area (Å²) in [6.45, 7) is 0. The van der Waals surface area contributed by atoms with E-state index < -0.39 is 0 Å². The zero-order valence-electron chi connectivity index (χ0n) is 10.5. The van der Waals surface area contributed by atoms with E-state index in [1.807, 2.05) is 30.3 Å². The van der Waals surface area contributed by atoms with E-state index in [0.717, 1.165) is 16.5 Å². The summed E-state index contributed by atoms with van der Waals surface area (Å²) in [7, 11) is 0. The van der Waals surface area contributed by atoms with Crippen LogP contribution in [0, 0.1) is 5.82 Å². The average molecular weight is 332 g/mol. The molecule has 1 heterocycles. The molecule has 0 spiro atoms. The minimum Gasteiger partial charge on any atom is -0.457 e. The molecule has 0 amide bonds. The van der Waals surface area contributed by atoms with Crippen LogP contribution in [0.5, 0.6) is 11.5 Å². The highest BCUT2D eigenvalue weighted by Crippen LogP contribution is 2.29. The number of aromatic nitrogens is 1. The Kier molecular flexibility index (Phi) is 3.65. The molecule has 0 saturated carbocycles. The number of pyridine rings is 1. The molecule has 2 nitrogen and oxygen atoms in total. The minimum absolute atomic E-state index is 0.271. The topological polar surface area (TPSA) is 22.1 Å². The lowest BCUT2D eigenvalue weighted by molar-refractivity contribution is 0.477. The smallest absolute Gasteiger partial charge is 0.131 e. The number of hydrogen-bond donors (Lipinski definition) is 0. The summed E-state index contributed by atoms with van der Waals surface area (Å²) in [6.07, 6.45) is 1.74. The van der Waals surface area contributed by atoms with Crippen molar-refractivity contribution in [1.29, 1.82) is 0 Å². The Balaban J connectivity index is 1.96. The van der Waals surface area contributed by atoms with E-state index in [4.69, 9.17) is 4.74 Å². The maximum absolute atomic E-state index is 13.2. The first-order chi connectivity index (χ1) is 9.76. The predicted molar refractivity (Wildman–Crippen MR) is 80.8 cm³/mol. The first kappa shape index (κ1) is 13.1. The van der Waals surface area contributed by atoms with Crippen LogP contribution in [0.3, 0.4) is 0 Å². The number of halogens is 2. The van der Waals surface area contributed by atoms with Crippen LogP contribution in [0.1, 0.15) is 5.56 Å². The third kappa shape index (κ3) is 2.65. The molecule has 0 bridgehead atoms. The first-order valence-corrected chi connectivity index (χ1v) is 7.25. The molecule has 1 aromatic heterocycles. The molecule has 0 saturated heterocycles. The Morgan fingerprint density at radius 2 is 2.00 bits per heavy atom. The standard InChI is InChI=1S/C16H11BrFNO/c17-10-12-8-13(18)4-6-16(12)20-14-5-3-11-2-1-7-19-15(11)9-14/h1-9H,10H2. The number of ether oxygens (including phenoxy) is 1. The molecule has 0 unspecified atom stereocenters. The van der Waals surface area contributed by atoms with Crippen LogP contribution in [-0.4, -0.2) is 4.98 Å².